The molecule has 0 aliphatic carbocycles. The van der Waals surface area contributed by atoms with Crippen molar-refractivity contribution in [3.63, 3.8) is 0 Å². The second-order valence-electron chi connectivity index (χ2n) is 5.12. The highest BCUT2D eigenvalue weighted by Crippen LogP contribution is 2.25. The molecule has 22 heavy (non-hydrogen) atoms. The van der Waals surface area contributed by atoms with Gasteiger partial charge in [0.2, 0.25) is 0 Å². The molecule has 0 aromatic heterocycles. The Kier molecular flexibility index (Phi) is 5.33. The molecule has 0 radical (unpaired) electrons. The number of carbonyl (C=O) groups excluding carboxylic acids is 1. The number of benzene rings is 2. The van der Waals surface area contributed by atoms with Crippen molar-refractivity contribution in [2.45, 2.75) is 26.9 Å². The average molecular weight is 338 g/mol. The smallest absolute Gasteiger partial charge is 0.265 e. The van der Waals surface area contributed by atoms with Gasteiger partial charge in [-0.15, -0.1) is 0 Å². The van der Waals surface area contributed by atoms with Crippen molar-refractivity contribution in [3.05, 3.63) is 57.6 Å². The normalized spacial score (nSPS) is 11.9. The van der Waals surface area contributed by atoms with E-state index < -0.39 is 6.10 Å². The van der Waals surface area contributed by atoms with Crippen LogP contribution in [0.2, 0.25) is 10.0 Å². The van der Waals surface area contributed by atoms with Gasteiger partial charge in [-0.05, 0) is 62.2 Å². The molecule has 0 aliphatic heterocycles. The number of hydrogen-bond acceptors (Lipinski definition) is 2. The number of anilines is 1. The first-order valence-corrected chi connectivity index (χ1v) is 7.62. The minimum absolute atomic E-state index is 0.253. The lowest BCUT2D eigenvalue weighted by Crippen LogP contribution is -2.30. The van der Waals surface area contributed by atoms with Gasteiger partial charge in [-0.1, -0.05) is 29.3 Å². The monoisotopic (exact) mass is 337 g/mol. The Morgan fingerprint density at radius 2 is 1.77 bits per heavy atom. The van der Waals surface area contributed by atoms with Crippen molar-refractivity contribution in [2.24, 2.45) is 0 Å². The van der Waals surface area contributed by atoms with Gasteiger partial charge < -0.3 is 10.1 Å². The lowest BCUT2D eigenvalue weighted by Gasteiger charge is -2.16. The number of amides is 1. The standard InChI is InChI=1S/C17H17Cl2NO2/c1-10-4-6-14(8-11(10)2)22-12(3)17(21)20-13-5-7-15(18)16(19)9-13/h4-9,12H,1-3H3,(H,20,21)/t12-/m1/s1. The van der Waals surface area contributed by atoms with E-state index in [1.807, 2.05) is 32.0 Å². The van der Waals surface area contributed by atoms with Crippen LogP contribution in [0.15, 0.2) is 36.4 Å². The number of halogens is 2. The summed E-state index contributed by atoms with van der Waals surface area (Å²) in [5.41, 5.74) is 2.88. The molecule has 5 heteroatoms. The summed E-state index contributed by atoms with van der Waals surface area (Å²) in [7, 11) is 0. The van der Waals surface area contributed by atoms with E-state index in [1.54, 1.807) is 25.1 Å². The molecule has 0 saturated heterocycles. The molecule has 0 aliphatic rings. The van der Waals surface area contributed by atoms with Gasteiger partial charge in [0, 0.05) is 5.69 Å². The Labute approximate surface area is 140 Å². The van der Waals surface area contributed by atoms with E-state index in [1.165, 1.54) is 5.56 Å². The van der Waals surface area contributed by atoms with Crippen LogP contribution in [-0.2, 0) is 4.79 Å². The molecule has 0 heterocycles. The highest BCUT2D eigenvalue weighted by Gasteiger charge is 2.15. The topological polar surface area (TPSA) is 38.3 Å². The summed E-state index contributed by atoms with van der Waals surface area (Å²) in [5, 5.41) is 3.58. The Morgan fingerprint density at radius 1 is 1.05 bits per heavy atom. The van der Waals surface area contributed by atoms with Crippen molar-refractivity contribution in [1.29, 1.82) is 0 Å². The fourth-order valence-corrected chi connectivity index (χ4v) is 2.16. The number of ether oxygens (including phenoxy) is 1. The average Bonchev–Trinajstić information content (AvgIpc) is 2.46. The van der Waals surface area contributed by atoms with Gasteiger partial charge in [0.05, 0.1) is 10.0 Å². The van der Waals surface area contributed by atoms with Crippen LogP contribution in [-0.4, -0.2) is 12.0 Å². The van der Waals surface area contributed by atoms with Crippen molar-refractivity contribution >= 4 is 34.8 Å². The van der Waals surface area contributed by atoms with Crippen molar-refractivity contribution in [1.82, 2.24) is 0 Å². The molecule has 1 amide bonds. The highest BCUT2D eigenvalue weighted by atomic mass is 35.5. The van der Waals surface area contributed by atoms with Crippen LogP contribution >= 0.6 is 23.2 Å². The fraction of sp³-hybridized carbons (Fsp3) is 0.235. The number of aryl methyl sites for hydroxylation is 2. The third-order valence-corrected chi connectivity index (χ3v) is 4.09. The van der Waals surface area contributed by atoms with Gasteiger partial charge in [-0.3, -0.25) is 4.79 Å². The molecule has 0 spiro atoms. The van der Waals surface area contributed by atoms with Gasteiger partial charge in [-0.25, -0.2) is 0 Å². The summed E-state index contributed by atoms with van der Waals surface area (Å²) in [5.74, 6) is 0.413. The molecule has 0 bridgehead atoms. The lowest BCUT2D eigenvalue weighted by molar-refractivity contribution is -0.122. The SMILES string of the molecule is Cc1ccc(O[C@H](C)C(=O)Nc2ccc(Cl)c(Cl)c2)cc1C. The quantitative estimate of drug-likeness (QED) is 0.850. The molecule has 3 nitrogen and oxygen atoms in total. The van der Waals surface area contributed by atoms with E-state index in [9.17, 15) is 4.79 Å². The second-order valence-corrected chi connectivity index (χ2v) is 5.94. The number of nitrogens with one attached hydrogen (secondary N) is 1. The largest absolute Gasteiger partial charge is 0.481 e. The first-order chi connectivity index (χ1) is 10.4. The summed E-state index contributed by atoms with van der Waals surface area (Å²) in [6, 6.07) is 10.7. The molecule has 0 unspecified atom stereocenters. The predicted molar refractivity (Wildman–Crippen MR) is 91.1 cm³/mol. The van der Waals surface area contributed by atoms with Crippen LogP contribution in [0.3, 0.4) is 0 Å². The van der Waals surface area contributed by atoms with Crippen LogP contribution in [0, 0.1) is 13.8 Å². The Balaban J connectivity index is 2.02. The van der Waals surface area contributed by atoms with Crippen LogP contribution in [0.4, 0.5) is 5.69 Å². The molecular weight excluding hydrogens is 321 g/mol. The first kappa shape index (κ1) is 16.7. The van der Waals surface area contributed by atoms with Crippen LogP contribution in [0.5, 0.6) is 5.75 Å². The van der Waals surface area contributed by atoms with Crippen molar-refractivity contribution in [3.8, 4) is 5.75 Å². The summed E-state index contributed by atoms with van der Waals surface area (Å²) in [6.45, 7) is 5.73. The lowest BCUT2D eigenvalue weighted by atomic mass is 10.1. The summed E-state index contributed by atoms with van der Waals surface area (Å²) in [4.78, 5) is 12.2. The number of hydrogen-bond donors (Lipinski definition) is 1. The van der Waals surface area contributed by atoms with Gasteiger partial charge in [0.1, 0.15) is 5.75 Å². The fourth-order valence-electron chi connectivity index (χ4n) is 1.86. The zero-order chi connectivity index (χ0) is 16.3. The summed E-state index contributed by atoms with van der Waals surface area (Å²) < 4.78 is 5.67. The van der Waals surface area contributed by atoms with Gasteiger partial charge in [0.25, 0.3) is 5.91 Å². The molecule has 116 valence electrons. The van der Waals surface area contributed by atoms with Crippen molar-refractivity contribution < 1.29 is 9.53 Å². The maximum absolute atomic E-state index is 12.2. The van der Waals surface area contributed by atoms with Crippen LogP contribution < -0.4 is 10.1 Å². The molecule has 2 aromatic rings. The van der Waals surface area contributed by atoms with Gasteiger partial charge in [0.15, 0.2) is 6.10 Å². The maximum atomic E-state index is 12.2. The third kappa shape index (κ3) is 4.15. The minimum Gasteiger partial charge on any atom is -0.481 e. The maximum Gasteiger partial charge on any atom is 0.265 e. The molecular formula is C17H17Cl2NO2. The van der Waals surface area contributed by atoms with E-state index in [-0.39, 0.29) is 5.91 Å². The zero-order valence-corrected chi connectivity index (χ0v) is 14.1. The number of carbonyl (C=O) groups is 1. The Morgan fingerprint density at radius 3 is 2.41 bits per heavy atom. The van der Waals surface area contributed by atoms with Gasteiger partial charge >= 0.3 is 0 Å². The Bertz CT molecular complexity index is 701. The van der Waals surface area contributed by atoms with E-state index >= 15 is 0 Å². The second kappa shape index (κ2) is 7.03. The van der Waals surface area contributed by atoms with E-state index in [2.05, 4.69) is 5.32 Å². The molecule has 2 aromatic carbocycles. The van der Waals surface area contributed by atoms with E-state index in [0.29, 0.717) is 21.5 Å². The third-order valence-electron chi connectivity index (χ3n) is 3.35. The van der Waals surface area contributed by atoms with E-state index in [0.717, 1.165) is 5.56 Å². The first-order valence-electron chi connectivity index (χ1n) is 6.86. The van der Waals surface area contributed by atoms with Gasteiger partial charge in [-0.2, -0.15) is 0 Å². The molecule has 1 N–H and O–H groups in total. The molecule has 1 atom stereocenters. The Hall–Kier alpha value is -1.71. The number of rotatable bonds is 4. The van der Waals surface area contributed by atoms with E-state index in [4.69, 9.17) is 27.9 Å². The highest BCUT2D eigenvalue weighted by molar-refractivity contribution is 6.42. The minimum atomic E-state index is -0.628. The van der Waals surface area contributed by atoms with Crippen LogP contribution in [0.25, 0.3) is 0 Å². The molecule has 0 fully saturated rings. The molecule has 0 saturated carbocycles. The zero-order valence-electron chi connectivity index (χ0n) is 12.6. The predicted octanol–water partition coefficient (Wildman–Crippen LogP) is 5.02. The molecule has 2 rings (SSSR count). The summed E-state index contributed by atoms with van der Waals surface area (Å²) >= 11 is 11.8. The van der Waals surface area contributed by atoms with Crippen LogP contribution in [0.1, 0.15) is 18.1 Å². The summed E-state index contributed by atoms with van der Waals surface area (Å²) in [6.07, 6.45) is -0.628. The van der Waals surface area contributed by atoms with Crippen molar-refractivity contribution in [2.75, 3.05) is 5.32 Å².